The molecule has 1 amide bonds. The van der Waals surface area contributed by atoms with E-state index in [1.54, 1.807) is 17.0 Å². The number of benzene rings is 2. The zero-order valence-corrected chi connectivity index (χ0v) is 16.5. The molecule has 2 aromatic carbocycles. The lowest BCUT2D eigenvalue weighted by Crippen LogP contribution is -2.35. The summed E-state index contributed by atoms with van der Waals surface area (Å²) in [6.07, 6.45) is -2.04. The summed E-state index contributed by atoms with van der Waals surface area (Å²) in [5.74, 6) is 0.220. The number of rotatable bonds is 5. The molecule has 4 rings (SSSR count). The van der Waals surface area contributed by atoms with Crippen molar-refractivity contribution in [2.75, 3.05) is 11.4 Å². The van der Waals surface area contributed by atoms with Gasteiger partial charge in [-0.3, -0.25) is 9.89 Å². The zero-order valence-electron chi connectivity index (χ0n) is 15.6. The minimum absolute atomic E-state index is 0.185. The number of halogens is 3. The molecule has 6 nitrogen and oxygen atoms in total. The van der Waals surface area contributed by atoms with Crippen molar-refractivity contribution in [1.82, 2.24) is 15.2 Å². The molecule has 2 heterocycles. The first-order chi connectivity index (χ1) is 14.4. The Morgan fingerprint density at radius 2 is 2.00 bits per heavy atom. The molecule has 0 unspecified atom stereocenters. The number of alkyl halides is 3. The second-order valence-corrected chi connectivity index (χ2v) is 7.64. The molecule has 0 atom stereocenters. The molecule has 10 heteroatoms. The third kappa shape index (κ3) is 4.76. The second kappa shape index (κ2) is 8.39. The van der Waals surface area contributed by atoms with Crippen molar-refractivity contribution >= 4 is 23.4 Å². The molecule has 0 radical (unpaired) electrons. The molecule has 0 spiro atoms. The van der Waals surface area contributed by atoms with Crippen LogP contribution in [0.2, 0.25) is 0 Å². The van der Waals surface area contributed by atoms with E-state index in [1.165, 1.54) is 36.3 Å². The second-order valence-electron chi connectivity index (χ2n) is 6.67. The van der Waals surface area contributed by atoms with Gasteiger partial charge in [-0.1, -0.05) is 23.9 Å². The minimum Gasteiger partial charge on any atom is -0.406 e. The monoisotopic (exact) mass is 434 g/mol. The first-order valence-corrected chi connectivity index (χ1v) is 10.2. The summed E-state index contributed by atoms with van der Waals surface area (Å²) in [5.41, 5.74) is 2.83. The van der Waals surface area contributed by atoms with Gasteiger partial charge in [-0.15, -0.1) is 13.2 Å². The Morgan fingerprint density at radius 3 is 2.70 bits per heavy atom. The highest BCUT2D eigenvalue weighted by Gasteiger charge is 2.32. The van der Waals surface area contributed by atoms with Crippen LogP contribution < -0.4 is 9.64 Å². The van der Waals surface area contributed by atoms with Crippen LogP contribution in [0.3, 0.4) is 0 Å². The smallest absolute Gasteiger partial charge is 0.406 e. The number of aryl methyl sites for hydroxylation is 1. The fourth-order valence-electron chi connectivity index (χ4n) is 3.30. The van der Waals surface area contributed by atoms with Gasteiger partial charge in [0.15, 0.2) is 5.16 Å². The number of anilines is 1. The van der Waals surface area contributed by atoms with E-state index in [0.717, 1.165) is 5.56 Å². The number of aromatic nitrogens is 3. The number of aromatic amines is 1. The van der Waals surface area contributed by atoms with Gasteiger partial charge in [0.25, 0.3) is 5.91 Å². The maximum absolute atomic E-state index is 13.0. The highest BCUT2D eigenvalue weighted by Crippen LogP contribution is 2.33. The van der Waals surface area contributed by atoms with E-state index in [2.05, 4.69) is 19.9 Å². The van der Waals surface area contributed by atoms with E-state index in [4.69, 9.17) is 0 Å². The van der Waals surface area contributed by atoms with Gasteiger partial charge in [0.1, 0.15) is 12.1 Å². The number of ether oxygens (including phenoxy) is 1. The van der Waals surface area contributed by atoms with E-state index >= 15 is 0 Å². The van der Waals surface area contributed by atoms with Gasteiger partial charge in [0.2, 0.25) is 0 Å². The topological polar surface area (TPSA) is 71.1 Å². The average molecular weight is 434 g/mol. The summed E-state index contributed by atoms with van der Waals surface area (Å²) in [6, 6.07) is 11.4. The van der Waals surface area contributed by atoms with Crippen LogP contribution in [-0.2, 0) is 12.2 Å². The van der Waals surface area contributed by atoms with Gasteiger partial charge in [-0.25, -0.2) is 4.98 Å². The fraction of sp³-hybridized carbons (Fsp3) is 0.250. The Morgan fingerprint density at radius 1 is 1.20 bits per heavy atom. The maximum atomic E-state index is 13.0. The van der Waals surface area contributed by atoms with Crippen LogP contribution in [0.1, 0.15) is 27.9 Å². The number of hydrogen-bond acceptors (Lipinski definition) is 5. The predicted molar refractivity (Wildman–Crippen MR) is 106 cm³/mol. The number of carbonyl (C=O) groups is 1. The number of amides is 1. The molecule has 3 aromatic rings. The molecule has 30 heavy (non-hydrogen) atoms. The number of carbonyl (C=O) groups excluding carboxylic acids is 1. The molecule has 1 aliphatic rings. The molecule has 0 bridgehead atoms. The van der Waals surface area contributed by atoms with Crippen LogP contribution in [0.25, 0.3) is 0 Å². The fourth-order valence-corrected chi connectivity index (χ4v) is 4.03. The van der Waals surface area contributed by atoms with Crippen molar-refractivity contribution in [1.29, 1.82) is 0 Å². The third-order valence-corrected chi connectivity index (χ3v) is 5.57. The van der Waals surface area contributed by atoms with Crippen LogP contribution in [0.4, 0.5) is 18.9 Å². The summed E-state index contributed by atoms with van der Waals surface area (Å²) in [5, 5.41) is 7.29. The van der Waals surface area contributed by atoms with E-state index < -0.39 is 6.36 Å². The predicted octanol–water partition coefficient (Wildman–Crippen LogP) is 4.59. The molecule has 156 valence electrons. The standard InChI is InChI=1S/C20H17F3N4O2S/c21-20(22,23)29-16-7-8-17-15(10-16)2-1-9-27(17)18(28)14-5-3-13(4-6-14)11-30-19-24-12-25-26-19/h3-8,10,12H,1-2,9,11H2,(H,24,25,26). The normalized spacial score (nSPS) is 13.8. The number of nitrogens with zero attached hydrogens (tertiary/aromatic N) is 3. The van der Waals surface area contributed by atoms with Gasteiger partial charge in [0, 0.05) is 23.5 Å². The van der Waals surface area contributed by atoms with Crippen molar-refractivity contribution in [3.8, 4) is 5.75 Å². The SMILES string of the molecule is O=C(c1ccc(CSc2ncn[nH]2)cc1)N1CCCc2cc(OC(F)(F)F)ccc21. The first kappa shape index (κ1) is 20.3. The first-order valence-electron chi connectivity index (χ1n) is 9.17. The van der Waals surface area contributed by atoms with Gasteiger partial charge in [-0.05, 0) is 54.3 Å². The average Bonchev–Trinajstić information content (AvgIpc) is 3.24. The van der Waals surface area contributed by atoms with Crippen LogP contribution in [0, 0.1) is 0 Å². The highest BCUT2D eigenvalue weighted by molar-refractivity contribution is 7.98. The lowest BCUT2D eigenvalue weighted by molar-refractivity contribution is -0.274. The lowest BCUT2D eigenvalue weighted by Gasteiger charge is -2.30. The minimum atomic E-state index is -4.74. The van der Waals surface area contributed by atoms with Crippen LogP contribution >= 0.6 is 11.8 Å². The number of H-pyrrole nitrogens is 1. The molecule has 1 aliphatic heterocycles. The number of thioether (sulfide) groups is 1. The molecule has 1 aromatic heterocycles. The summed E-state index contributed by atoms with van der Waals surface area (Å²) in [4.78, 5) is 18.7. The van der Waals surface area contributed by atoms with Crippen molar-refractivity contribution in [3.05, 3.63) is 65.5 Å². The molecule has 0 fully saturated rings. The van der Waals surface area contributed by atoms with Crippen molar-refractivity contribution in [3.63, 3.8) is 0 Å². The van der Waals surface area contributed by atoms with E-state index in [9.17, 15) is 18.0 Å². The highest BCUT2D eigenvalue weighted by atomic mass is 32.2. The van der Waals surface area contributed by atoms with Crippen LogP contribution in [-0.4, -0.2) is 34.0 Å². The Kier molecular flexibility index (Phi) is 5.67. The van der Waals surface area contributed by atoms with Crippen LogP contribution in [0.15, 0.2) is 53.9 Å². The number of hydrogen-bond donors (Lipinski definition) is 1. The van der Waals surface area contributed by atoms with E-state index in [0.29, 0.717) is 47.1 Å². The van der Waals surface area contributed by atoms with Gasteiger partial charge in [0.05, 0.1) is 0 Å². The summed E-state index contributed by atoms with van der Waals surface area (Å²) in [6.45, 7) is 0.508. The van der Waals surface area contributed by atoms with Crippen molar-refractivity contribution in [2.24, 2.45) is 0 Å². The van der Waals surface area contributed by atoms with E-state index in [-0.39, 0.29) is 11.7 Å². The summed E-state index contributed by atoms with van der Waals surface area (Å²) in [7, 11) is 0. The Labute approximate surface area is 174 Å². The van der Waals surface area contributed by atoms with Crippen molar-refractivity contribution < 1.29 is 22.7 Å². The number of fused-ring (bicyclic) bond motifs is 1. The molecular weight excluding hydrogens is 417 g/mol. The molecule has 0 saturated carbocycles. The Bertz CT molecular complexity index is 1020. The quantitative estimate of drug-likeness (QED) is 0.595. The van der Waals surface area contributed by atoms with Gasteiger partial charge in [-0.2, -0.15) is 5.10 Å². The van der Waals surface area contributed by atoms with Gasteiger partial charge >= 0.3 is 6.36 Å². The van der Waals surface area contributed by atoms with E-state index in [1.807, 2.05) is 12.1 Å². The molecule has 1 N–H and O–H groups in total. The summed E-state index contributed by atoms with van der Waals surface area (Å²) < 4.78 is 41.4. The Balaban J connectivity index is 1.47. The third-order valence-electron chi connectivity index (χ3n) is 4.62. The molecule has 0 saturated heterocycles. The Hall–Kier alpha value is -3.01. The lowest BCUT2D eigenvalue weighted by atomic mass is 10.00. The van der Waals surface area contributed by atoms with Crippen molar-refractivity contribution in [2.45, 2.75) is 30.1 Å². The molecule has 0 aliphatic carbocycles. The maximum Gasteiger partial charge on any atom is 0.573 e. The number of nitrogens with one attached hydrogen (secondary N) is 1. The largest absolute Gasteiger partial charge is 0.573 e. The van der Waals surface area contributed by atoms with Crippen LogP contribution in [0.5, 0.6) is 5.75 Å². The van der Waals surface area contributed by atoms with Gasteiger partial charge < -0.3 is 9.64 Å². The zero-order chi connectivity index (χ0) is 21.1. The molecular formula is C20H17F3N4O2S. The summed E-state index contributed by atoms with van der Waals surface area (Å²) >= 11 is 1.50.